The van der Waals surface area contributed by atoms with Gasteiger partial charge in [0.1, 0.15) is 0 Å². The molecular weight excluding hydrogens is 278 g/mol. The normalized spacial score (nSPS) is 10.4. The van der Waals surface area contributed by atoms with Crippen LogP contribution in [0.4, 0.5) is 5.69 Å². The van der Waals surface area contributed by atoms with Crippen LogP contribution in [0, 0.1) is 0 Å². The molecule has 0 saturated carbocycles. The molecule has 2 aromatic carbocycles. The van der Waals surface area contributed by atoms with Gasteiger partial charge in [0.25, 0.3) is 0 Å². The minimum atomic E-state index is -1.05. The molecule has 0 aliphatic heterocycles. The van der Waals surface area contributed by atoms with E-state index in [2.05, 4.69) is 0 Å². The lowest BCUT2D eigenvalue weighted by Crippen LogP contribution is -2.08. The molecule has 20 heavy (non-hydrogen) atoms. The first kappa shape index (κ1) is 14.4. The molecule has 0 amide bonds. The largest absolute Gasteiger partial charge is 0.478 e. The number of aromatic carboxylic acids is 1. The minimum absolute atomic E-state index is 0.0959. The summed E-state index contributed by atoms with van der Waals surface area (Å²) in [6, 6.07) is 12.3. The molecule has 0 radical (unpaired) electrons. The average Bonchev–Trinajstić information content (AvgIpc) is 2.38. The fraction of sp³-hybridized carbons (Fsp3) is 0.133. The van der Waals surface area contributed by atoms with Crippen LogP contribution in [0.1, 0.15) is 21.5 Å². The summed E-state index contributed by atoms with van der Waals surface area (Å²) in [6.07, 6.45) is 0. The molecule has 0 bridgehead atoms. The average molecular weight is 292 g/mol. The van der Waals surface area contributed by atoms with Crippen molar-refractivity contribution in [1.82, 2.24) is 0 Å². The summed E-state index contributed by atoms with van der Waals surface area (Å²) in [4.78, 5) is 11.2. The lowest BCUT2D eigenvalue weighted by Gasteiger charge is -2.09. The second-order valence-corrected chi connectivity index (χ2v) is 4.75. The van der Waals surface area contributed by atoms with Crippen LogP contribution < -0.4 is 5.73 Å². The van der Waals surface area contributed by atoms with Gasteiger partial charge in [-0.15, -0.1) is 0 Å². The summed E-state index contributed by atoms with van der Waals surface area (Å²) in [5.74, 6) is -1.05. The Kier molecular flexibility index (Phi) is 4.61. The van der Waals surface area contributed by atoms with Crippen molar-refractivity contribution < 1.29 is 14.6 Å². The van der Waals surface area contributed by atoms with Crippen molar-refractivity contribution in [2.75, 3.05) is 5.73 Å². The predicted molar refractivity (Wildman–Crippen MR) is 77.8 cm³/mol. The van der Waals surface area contributed by atoms with Gasteiger partial charge in [-0.3, -0.25) is 0 Å². The number of carboxylic acids is 1. The van der Waals surface area contributed by atoms with E-state index < -0.39 is 5.97 Å². The fourth-order valence-electron chi connectivity index (χ4n) is 1.91. The smallest absolute Gasteiger partial charge is 0.338 e. The number of halogens is 1. The van der Waals surface area contributed by atoms with E-state index >= 15 is 0 Å². The SMILES string of the molecule is Nc1cccc(COCc2cccc(Cl)c2)c1C(=O)O. The maximum Gasteiger partial charge on any atom is 0.338 e. The van der Waals surface area contributed by atoms with Crippen LogP contribution in [-0.2, 0) is 18.0 Å². The van der Waals surface area contributed by atoms with E-state index in [0.717, 1.165) is 5.56 Å². The zero-order valence-corrected chi connectivity index (χ0v) is 11.4. The van der Waals surface area contributed by atoms with Gasteiger partial charge in [0.2, 0.25) is 0 Å². The molecule has 0 aliphatic carbocycles. The highest BCUT2D eigenvalue weighted by Gasteiger charge is 2.13. The molecule has 0 aliphatic rings. The number of ether oxygens (including phenoxy) is 1. The zero-order valence-electron chi connectivity index (χ0n) is 10.7. The van der Waals surface area contributed by atoms with E-state index in [-0.39, 0.29) is 17.9 Å². The lowest BCUT2D eigenvalue weighted by molar-refractivity contribution is 0.0685. The first-order valence-corrected chi connectivity index (χ1v) is 6.38. The molecule has 104 valence electrons. The van der Waals surface area contributed by atoms with E-state index in [1.807, 2.05) is 12.1 Å². The van der Waals surface area contributed by atoms with Gasteiger partial charge < -0.3 is 15.6 Å². The standard InChI is InChI=1S/C15H14ClNO3/c16-12-5-1-3-10(7-12)8-20-9-11-4-2-6-13(17)14(11)15(18)19/h1-7H,8-9,17H2,(H,18,19). The molecule has 2 aromatic rings. The van der Waals surface area contributed by atoms with Gasteiger partial charge in [-0.25, -0.2) is 4.79 Å². The number of hydrogen-bond donors (Lipinski definition) is 2. The predicted octanol–water partition coefficient (Wildman–Crippen LogP) is 3.34. The van der Waals surface area contributed by atoms with Gasteiger partial charge in [0.15, 0.2) is 0 Å². The number of nitrogens with two attached hydrogens (primary N) is 1. The number of carbonyl (C=O) groups is 1. The molecule has 5 heteroatoms. The van der Waals surface area contributed by atoms with Crippen LogP contribution in [0.15, 0.2) is 42.5 Å². The highest BCUT2D eigenvalue weighted by Crippen LogP contribution is 2.19. The Hall–Kier alpha value is -2.04. The van der Waals surface area contributed by atoms with E-state index in [1.54, 1.807) is 30.3 Å². The number of hydrogen-bond acceptors (Lipinski definition) is 3. The van der Waals surface area contributed by atoms with Crippen molar-refractivity contribution in [1.29, 1.82) is 0 Å². The maximum absolute atomic E-state index is 11.2. The van der Waals surface area contributed by atoms with E-state index in [0.29, 0.717) is 17.2 Å². The van der Waals surface area contributed by atoms with Crippen LogP contribution in [0.5, 0.6) is 0 Å². The summed E-state index contributed by atoms with van der Waals surface area (Å²) in [5, 5.41) is 9.79. The highest BCUT2D eigenvalue weighted by atomic mass is 35.5. The molecular formula is C15H14ClNO3. The first-order chi connectivity index (χ1) is 9.58. The van der Waals surface area contributed by atoms with Crippen molar-refractivity contribution in [3.8, 4) is 0 Å². The van der Waals surface area contributed by atoms with Crippen LogP contribution in [0.2, 0.25) is 5.02 Å². The molecule has 0 atom stereocenters. The minimum Gasteiger partial charge on any atom is -0.478 e. The van der Waals surface area contributed by atoms with E-state index in [1.165, 1.54) is 0 Å². The Bertz CT molecular complexity index is 628. The van der Waals surface area contributed by atoms with Crippen molar-refractivity contribution in [2.24, 2.45) is 0 Å². The number of rotatable bonds is 5. The molecule has 0 aromatic heterocycles. The third kappa shape index (κ3) is 3.50. The second kappa shape index (κ2) is 6.41. The Balaban J connectivity index is 2.05. The molecule has 0 spiro atoms. The zero-order chi connectivity index (χ0) is 14.5. The summed E-state index contributed by atoms with van der Waals surface area (Å²) < 4.78 is 5.53. The summed E-state index contributed by atoms with van der Waals surface area (Å²) in [6.45, 7) is 0.535. The molecule has 4 nitrogen and oxygen atoms in total. The summed E-state index contributed by atoms with van der Waals surface area (Å²) >= 11 is 5.88. The number of benzene rings is 2. The monoisotopic (exact) mass is 291 g/mol. The van der Waals surface area contributed by atoms with Crippen LogP contribution in [0.3, 0.4) is 0 Å². The summed E-state index contributed by atoms with van der Waals surface area (Å²) in [5.41, 5.74) is 7.49. The molecule has 2 rings (SSSR count). The van der Waals surface area contributed by atoms with E-state index in [9.17, 15) is 4.79 Å². The first-order valence-electron chi connectivity index (χ1n) is 6.01. The van der Waals surface area contributed by atoms with Gasteiger partial charge in [-0.05, 0) is 29.3 Å². The van der Waals surface area contributed by atoms with Crippen molar-refractivity contribution in [3.05, 3.63) is 64.2 Å². The molecule has 3 N–H and O–H groups in total. The highest BCUT2D eigenvalue weighted by molar-refractivity contribution is 6.30. The third-order valence-electron chi connectivity index (χ3n) is 2.81. The lowest BCUT2D eigenvalue weighted by atomic mass is 10.1. The van der Waals surface area contributed by atoms with Crippen LogP contribution in [0.25, 0.3) is 0 Å². The maximum atomic E-state index is 11.2. The third-order valence-corrected chi connectivity index (χ3v) is 3.05. The van der Waals surface area contributed by atoms with Gasteiger partial charge in [0, 0.05) is 10.7 Å². The molecule has 0 fully saturated rings. The second-order valence-electron chi connectivity index (χ2n) is 4.31. The summed E-state index contributed by atoms with van der Waals surface area (Å²) in [7, 11) is 0. The number of nitrogen functional groups attached to an aromatic ring is 1. The van der Waals surface area contributed by atoms with Gasteiger partial charge in [-0.2, -0.15) is 0 Å². The molecule has 0 saturated heterocycles. The Morgan fingerprint density at radius 1 is 1.20 bits per heavy atom. The van der Waals surface area contributed by atoms with E-state index in [4.69, 9.17) is 27.2 Å². The fourth-order valence-corrected chi connectivity index (χ4v) is 2.12. The molecule has 0 heterocycles. The Labute approximate surface area is 121 Å². The molecule has 0 unspecified atom stereocenters. The van der Waals surface area contributed by atoms with Crippen LogP contribution in [-0.4, -0.2) is 11.1 Å². The van der Waals surface area contributed by atoms with Gasteiger partial charge >= 0.3 is 5.97 Å². The quantitative estimate of drug-likeness (QED) is 0.829. The van der Waals surface area contributed by atoms with Crippen molar-refractivity contribution in [3.63, 3.8) is 0 Å². The van der Waals surface area contributed by atoms with Crippen LogP contribution >= 0.6 is 11.6 Å². The van der Waals surface area contributed by atoms with Gasteiger partial charge in [0.05, 0.1) is 18.8 Å². The Morgan fingerprint density at radius 2 is 1.95 bits per heavy atom. The van der Waals surface area contributed by atoms with Crippen molar-refractivity contribution >= 4 is 23.3 Å². The van der Waals surface area contributed by atoms with Crippen molar-refractivity contribution in [2.45, 2.75) is 13.2 Å². The number of anilines is 1. The topological polar surface area (TPSA) is 72.5 Å². The number of carboxylic acid groups (broad SMARTS) is 1. The Morgan fingerprint density at radius 3 is 2.65 bits per heavy atom. The van der Waals surface area contributed by atoms with Gasteiger partial charge in [-0.1, -0.05) is 35.9 Å².